The molecule has 0 saturated heterocycles. The highest BCUT2D eigenvalue weighted by Crippen LogP contribution is 2.48. The van der Waals surface area contributed by atoms with Crippen LogP contribution in [0, 0.1) is 0 Å². The van der Waals surface area contributed by atoms with Gasteiger partial charge in [-0.05, 0) is 33.6 Å². The van der Waals surface area contributed by atoms with Gasteiger partial charge in [0.25, 0.3) is 0 Å². The molecule has 18 heavy (non-hydrogen) atoms. The fourth-order valence-electron chi connectivity index (χ4n) is 1.19. The van der Waals surface area contributed by atoms with E-state index in [4.69, 9.17) is 16.3 Å². The fraction of sp³-hybridized carbons (Fsp3) is 0.400. The van der Waals surface area contributed by atoms with Crippen LogP contribution in [-0.4, -0.2) is 19.2 Å². The van der Waals surface area contributed by atoms with Crippen LogP contribution < -0.4 is 4.74 Å². The molecule has 0 aliphatic heterocycles. The second-order valence-corrected chi connectivity index (χ2v) is 4.67. The third kappa shape index (κ3) is 2.88. The Balaban J connectivity index is 3.12. The fourth-order valence-corrected chi connectivity index (χ4v) is 2.01. The SMILES string of the molecule is COc1ccc(C(Cl)C(F)(F)C(F)(F)F)cc1Br. The first-order valence-electron chi connectivity index (χ1n) is 4.53. The van der Waals surface area contributed by atoms with E-state index >= 15 is 0 Å². The van der Waals surface area contributed by atoms with E-state index < -0.39 is 17.5 Å². The van der Waals surface area contributed by atoms with Crippen molar-refractivity contribution in [2.75, 3.05) is 7.11 Å². The minimum absolute atomic E-state index is 0.242. The van der Waals surface area contributed by atoms with E-state index in [1.165, 1.54) is 13.2 Å². The van der Waals surface area contributed by atoms with Gasteiger partial charge in [-0.25, -0.2) is 0 Å². The highest BCUT2D eigenvalue weighted by atomic mass is 79.9. The molecule has 0 aliphatic carbocycles. The van der Waals surface area contributed by atoms with Gasteiger partial charge in [-0.3, -0.25) is 0 Å². The predicted octanol–water partition coefficient (Wildman–Crippen LogP) is 4.94. The Morgan fingerprint density at radius 2 is 1.78 bits per heavy atom. The van der Waals surface area contributed by atoms with E-state index in [9.17, 15) is 22.0 Å². The van der Waals surface area contributed by atoms with Gasteiger partial charge in [0.05, 0.1) is 11.6 Å². The second-order valence-electron chi connectivity index (χ2n) is 3.38. The lowest BCUT2D eigenvalue weighted by atomic mass is 10.1. The van der Waals surface area contributed by atoms with Crippen molar-refractivity contribution in [2.24, 2.45) is 0 Å². The van der Waals surface area contributed by atoms with Gasteiger partial charge in [0.2, 0.25) is 0 Å². The lowest BCUT2D eigenvalue weighted by Gasteiger charge is -2.24. The monoisotopic (exact) mass is 352 g/mol. The van der Waals surface area contributed by atoms with Crippen molar-refractivity contribution < 1.29 is 26.7 Å². The molecular weight excluding hydrogens is 346 g/mol. The molecule has 0 saturated carbocycles. The Bertz CT molecular complexity index is 435. The average molecular weight is 354 g/mol. The lowest BCUT2D eigenvalue weighted by Crippen LogP contribution is -2.40. The molecule has 8 heteroatoms. The molecule has 0 spiro atoms. The average Bonchev–Trinajstić information content (AvgIpc) is 2.26. The number of halogens is 7. The first kappa shape index (κ1) is 15.5. The molecule has 1 aromatic carbocycles. The number of hydrogen-bond donors (Lipinski definition) is 0. The Kier molecular flexibility index (Phi) is 4.48. The van der Waals surface area contributed by atoms with Crippen LogP contribution >= 0.6 is 27.5 Å². The van der Waals surface area contributed by atoms with Crippen molar-refractivity contribution in [3.63, 3.8) is 0 Å². The van der Waals surface area contributed by atoms with Crippen LogP contribution in [-0.2, 0) is 0 Å². The van der Waals surface area contributed by atoms with Crippen molar-refractivity contribution >= 4 is 27.5 Å². The highest BCUT2D eigenvalue weighted by molar-refractivity contribution is 9.10. The van der Waals surface area contributed by atoms with Gasteiger partial charge < -0.3 is 4.74 Å². The topological polar surface area (TPSA) is 9.23 Å². The van der Waals surface area contributed by atoms with E-state index in [2.05, 4.69) is 15.9 Å². The zero-order valence-corrected chi connectivity index (χ0v) is 11.2. The molecule has 0 aromatic heterocycles. The van der Waals surface area contributed by atoms with Gasteiger partial charge in [-0.1, -0.05) is 6.07 Å². The molecule has 0 N–H and O–H groups in total. The molecule has 102 valence electrons. The number of alkyl halides is 6. The molecule has 0 radical (unpaired) electrons. The summed E-state index contributed by atoms with van der Waals surface area (Å²) in [7, 11) is 1.34. The molecule has 0 bridgehead atoms. The molecule has 0 fully saturated rings. The first-order chi connectivity index (χ1) is 8.11. The van der Waals surface area contributed by atoms with Crippen LogP contribution in [0.25, 0.3) is 0 Å². The summed E-state index contributed by atoms with van der Waals surface area (Å²) < 4.78 is 67.5. The summed E-state index contributed by atoms with van der Waals surface area (Å²) in [5.74, 6) is -4.71. The molecule has 0 aliphatic rings. The summed E-state index contributed by atoms with van der Waals surface area (Å²) in [6.45, 7) is 0. The third-order valence-corrected chi connectivity index (χ3v) is 3.31. The molecule has 1 nitrogen and oxygen atoms in total. The highest BCUT2D eigenvalue weighted by Gasteiger charge is 2.62. The van der Waals surface area contributed by atoms with Gasteiger partial charge in [0.1, 0.15) is 11.1 Å². The lowest BCUT2D eigenvalue weighted by molar-refractivity contribution is -0.283. The third-order valence-electron chi connectivity index (χ3n) is 2.16. The molecular formula is C10H7BrClF5O. The number of benzene rings is 1. The summed E-state index contributed by atoms with van der Waals surface area (Å²) in [5.41, 5.74) is -0.355. The maximum atomic E-state index is 13.0. The summed E-state index contributed by atoms with van der Waals surface area (Å²) in [6.07, 6.45) is -5.70. The largest absolute Gasteiger partial charge is 0.496 e. The van der Waals surface area contributed by atoms with Crippen LogP contribution in [0.4, 0.5) is 22.0 Å². The zero-order valence-electron chi connectivity index (χ0n) is 8.86. The van der Waals surface area contributed by atoms with Gasteiger partial charge in [0, 0.05) is 0 Å². The molecule has 1 unspecified atom stereocenters. The smallest absolute Gasteiger partial charge is 0.455 e. The van der Waals surface area contributed by atoms with Crippen LogP contribution in [0.5, 0.6) is 5.75 Å². The minimum Gasteiger partial charge on any atom is -0.496 e. The molecule has 1 rings (SSSR count). The Morgan fingerprint density at radius 3 is 2.17 bits per heavy atom. The van der Waals surface area contributed by atoms with Crippen molar-refractivity contribution in [3.05, 3.63) is 28.2 Å². The summed E-state index contributed by atoms with van der Waals surface area (Å²) in [6, 6.07) is 3.37. The number of rotatable bonds is 3. The number of ether oxygens (including phenoxy) is 1. The quantitative estimate of drug-likeness (QED) is 0.553. The van der Waals surface area contributed by atoms with Gasteiger partial charge in [-0.15, -0.1) is 11.6 Å². The zero-order chi connectivity index (χ0) is 14.1. The normalized spacial score (nSPS) is 14.4. The minimum atomic E-state index is -5.70. The Hall–Kier alpha value is -0.560. The second kappa shape index (κ2) is 5.21. The van der Waals surface area contributed by atoms with Crippen molar-refractivity contribution in [1.82, 2.24) is 0 Å². The van der Waals surface area contributed by atoms with Gasteiger partial charge in [-0.2, -0.15) is 22.0 Å². The number of hydrogen-bond acceptors (Lipinski definition) is 1. The van der Waals surface area contributed by atoms with Gasteiger partial charge >= 0.3 is 12.1 Å². The van der Waals surface area contributed by atoms with Crippen LogP contribution in [0.2, 0.25) is 0 Å². The van der Waals surface area contributed by atoms with Crippen LogP contribution in [0.15, 0.2) is 22.7 Å². The van der Waals surface area contributed by atoms with E-state index in [1.54, 1.807) is 0 Å². The van der Waals surface area contributed by atoms with Crippen LogP contribution in [0.1, 0.15) is 10.9 Å². The van der Waals surface area contributed by atoms with E-state index in [1.807, 2.05) is 0 Å². The summed E-state index contributed by atoms with van der Waals surface area (Å²) in [5, 5.41) is -2.50. The van der Waals surface area contributed by atoms with Crippen molar-refractivity contribution in [1.29, 1.82) is 0 Å². The van der Waals surface area contributed by atoms with E-state index in [0.717, 1.165) is 12.1 Å². The summed E-state index contributed by atoms with van der Waals surface area (Å²) in [4.78, 5) is 0. The molecule has 1 atom stereocenters. The first-order valence-corrected chi connectivity index (χ1v) is 5.76. The Morgan fingerprint density at radius 1 is 1.22 bits per heavy atom. The number of methoxy groups -OCH3 is 1. The van der Waals surface area contributed by atoms with Crippen LogP contribution in [0.3, 0.4) is 0 Å². The van der Waals surface area contributed by atoms with E-state index in [0.29, 0.717) is 5.75 Å². The molecule has 0 heterocycles. The van der Waals surface area contributed by atoms with Crippen molar-refractivity contribution in [3.8, 4) is 5.75 Å². The molecule has 1 aromatic rings. The Labute approximate surface area is 113 Å². The maximum Gasteiger partial charge on any atom is 0.455 e. The van der Waals surface area contributed by atoms with E-state index in [-0.39, 0.29) is 10.0 Å². The van der Waals surface area contributed by atoms with Crippen molar-refractivity contribution in [2.45, 2.75) is 17.5 Å². The molecule has 0 amide bonds. The van der Waals surface area contributed by atoms with Gasteiger partial charge in [0.15, 0.2) is 0 Å². The maximum absolute atomic E-state index is 13.0. The standard InChI is InChI=1S/C10H7BrClF5O/c1-18-7-3-2-5(4-6(7)11)8(12)9(13,14)10(15,16)17/h2-4,8H,1H3. The predicted molar refractivity (Wildman–Crippen MR) is 60.3 cm³/mol. The summed E-state index contributed by atoms with van der Waals surface area (Å²) >= 11 is 8.20.